The van der Waals surface area contributed by atoms with Gasteiger partial charge in [0.05, 0.1) is 0 Å². The highest BCUT2D eigenvalue weighted by Crippen LogP contribution is 2.10. The van der Waals surface area contributed by atoms with Crippen LogP contribution in [0, 0.1) is 0 Å². The minimum absolute atomic E-state index is 0.0449. The maximum absolute atomic E-state index is 11.3. The highest BCUT2D eigenvalue weighted by molar-refractivity contribution is 6.01. The second-order valence-corrected chi connectivity index (χ2v) is 4.10. The lowest BCUT2D eigenvalue weighted by atomic mass is 10.2. The van der Waals surface area contributed by atoms with Gasteiger partial charge in [-0.3, -0.25) is 14.5 Å². The zero-order valence-corrected chi connectivity index (χ0v) is 9.69. The van der Waals surface area contributed by atoms with Crippen molar-refractivity contribution < 1.29 is 9.59 Å². The Kier molecular flexibility index (Phi) is 3.88. The van der Waals surface area contributed by atoms with Gasteiger partial charge in [0.2, 0.25) is 11.8 Å². The van der Waals surface area contributed by atoms with Gasteiger partial charge < -0.3 is 5.32 Å². The molecular formula is C13H16N2O2. The van der Waals surface area contributed by atoms with E-state index in [4.69, 9.17) is 0 Å². The summed E-state index contributed by atoms with van der Waals surface area (Å²) in [5.74, 6) is -0.0898. The quantitative estimate of drug-likeness (QED) is 0.607. The van der Waals surface area contributed by atoms with Gasteiger partial charge in [0.15, 0.2) is 0 Å². The molecule has 4 heteroatoms. The Balaban J connectivity index is 1.70. The van der Waals surface area contributed by atoms with Gasteiger partial charge in [-0.1, -0.05) is 30.3 Å². The molecule has 0 aliphatic carbocycles. The van der Waals surface area contributed by atoms with Crippen LogP contribution in [-0.4, -0.2) is 29.8 Å². The van der Waals surface area contributed by atoms with Gasteiger partial charge in [-0.2, -0.15) is 0 Å². The summed E-state index contributed by atoms with van der Waals surface area (Å²) in [4.78, 5) is 24.0. The van der Waals surface area contributed by atoms with Crippen LogP contribution in [0.5, 0.6) is 0 Å². The fraction of sp³-hybridized carbons (Fsp3) is 0.385. The SMILES string of the molecule is O=C1CCC(=O)N1CCNCc1ccccc1. The second kappa shape index (κ2) is 5.59. The van der Waals surface area contributed by atoms with E-state index >= 15 is 0 Å². The number of hydrogen-bond acceptors (Lipinski definition) is 3. The van der Waals surface area contributed by atoms with Gasteiger partial charge in [0.25, 0.3) is 0 Å². The summed E-state index contributed by atoms with van der Waals surface area (Å²) in [7, 11) is 0. The van der Waals surface area contributed by atoms with Crippen molar-refractivity contribution in [1.82, 2.24) is 10.2 Å². The third kappa shape index (κ3) is 3.14. The minimum atomic E-state index is -0.0449. The van der Waals surface area contributed by atoms with E-state index in [-0.39, 0.29) is 11.8 Å². The van der Waals surface area contributed by atoms with Crippen LogP contribution in [0.3, 0.4) is 0 Å². The smallest absolute Gasteiger partial charge is 0.229 e. The minimum Gasteiger partial charge on any atom is -0.311 e. The van der Waals surface area contributed by atoms with Crippen molar-refractivity contribution in [3.05, 3.63) is 35.9 Å². The first-order valence-corrected chi connectivity index (χ1v) is 5.85. The maximum atomic E-state index is 11.3. The molecule has 0 bridgehead atoms. The topological polar surface area (TPSA) is 49.4 Å². The number of imide groups is 1. The number of nitrogens with zero attached hydrogens (tertiary/aromatic N) is 1. The molecular weight excluding hydrogens is 216 g/mol. The van der Waals surface area contributed by atoms with E-state index in [1.165, 1.54) is 10.5 Å². The van der Waals surface area contributed by atoms with Gasteiger partial charge in [0.1, 0.15) is 0 Å². The van der Waals surface area contributed by atoms with E-state index in [0.717, 1.165) is 6.54 Å². The average molecular weight is 232 g/mol. The summed E-state index contributed by atoms with van der Waals surface area (Å²) in [6, 6.07) is 10.0. The Morgan fingerprint density at radius 2 is 1.71 bits per heavy atom. The lowest BCUT2D eigenvalue weighted by Gasteiger charge is -2.13. The van der Waals surface area contributed by atoms with Crippen molar-refractivity contribution in [2.24, 2.45) is 0 Å². The normalized spacial score (nSPS) is 15.6. The van der Waals surface area contributed by atoms with Gasteiger partial charge in [-0.25, -0.2) is 0 Å². The molecule has 1 saturated heterocycles. The molecule has 0 aromatic heterocycles. The van der Waals surface area contributed by atoms with Crippen molar-refractivity contribution in [2.75, 3.05) is 13.1 Å². The molecule has 1 aliphatic rings. The monoisotopic (exact) mass is 232 g/mol. The highest BCUT2D eigenvalue weighted by atomic mass is 16.2. The molecule has 2 amide bonds. The van der Waals surface area contributed by atoms with Crippen LogP contribution in [0.15, 0.2) is 30.3 Å². The number of rotatable bonds is 5. The Morgan fingerprint density at radius 1 is 1.06 bits per heavy atom. The van der Waals surface area contributed by atoms with E-state index in [1.54, 1.807) is 0 Å². The van der Waals surface area contributed by atoms with E-state index in [9.17, 15) is 9.59 Å². The Hall–Kier alpha value is -1.68. The molecule has 1 heterocycles. The van der Waals surface area contributed by atoms with Crippen LogP contribution < -0.4 is 5.32 Å². The molecule has 1 fully saturated rings. The fourth-order valence-corrected chi connectivity index (χ4v) is 1.89. The average Bonchev–Trinajstić information content (AvgIpc) is 2.67. The van der Waals surface area contributed by atoms with Crippen LogP contribution in [0.1, 0.15) is 18.4 Å². The van der Waals surface area contributed by atoms with E-state index < -0.39 is 0 Å². The number of carbonyl (C=O) groups excluding carboxylic acids is 2. The summed E-state index contributed by atoms with van der Waals surface area (Å²) in [6.45, 7) is 1.88. The number of nitrogens with one attached hydrogen (secondary N) is 1. The van der Waals surface area contributed by atoms with Gasteiger partial charge >= 0.3 is 0 Å². The third-order valence-corrected chi connectivity index (χ3v) is 2.84. The number of hydrogen-bond donors (Lipinski definition) is 1. The highest BCUT2D eigenvalue weighted by Gasteiger charge is 2.27. The Morgan fingerprint density at radius 3 is 2.35 bits per heavy atom. The van der Waals surface area contributed by atoms with Crippen LogP contribution in [-0.2, 0) is 16.1 Å². The summed E-state index contributed by atoms with van der Waals surface area (Å²) < 4.78 is 0. The van der Waals surface area contributed by atoms with Gasteiger partial charge in [-0.05, 0) is 5.56 Å². The van der Waals surface area contributed by atoms with Crippen molar-refractivity contribution in [3.63, 3.8) is 0 Å². The number of likely N-dealkylation sites (tertiary alicyclic amines) is 1. The first-order valence-electron chi connectivity index (χ1n) is 5.85. The van der Waals surface area contributed by atoms with E-state index in [0.29, 0.717) is 25.9 Å². The third-order valence-electron chi connectivity index (χ3n) is 2.84. The molecule has 0 unspecified atom stereocenters. The van der Waals surface area contributed by atoms with Crippen LogP contribution in [0.4, 0.5) is 0 Å². The predicted octanol–water partition coefficient (Wildman–Crippen LogP) is 0.925. The molecule has 0 saturated carbocycles. The van der Waals surface area contributed by atoms with Crippen LogP contribution in [0.2, 0.25) is 0 Å². The number of carbonyl (C=O) groups is 2. The number of benzene rings is 1. The molecule has 90 valence electrons. The summed E-state index contributed by atoms with van der Waals surface area (Å²) in [5, 5.41) is 3.22. The molecule has 1 aromatic rings. The van der Waals surface area contributed by atoms with Crippen LogP contribution >= 0.6 is 0 Å². The molecule has 2 rings (SSSR count). The van der Waals surface area contributed by atoms with E-state index in [1.807, 2.05) is 30.3 Å². The molecule has 1 aromatic carbocycles. The zero-order chi connectivity index (χ0) is 12.1. The molecule has 1 aliphatic heterocycles. The summed E-state index contributed by atoms with van der Waals surface area (Å²) >= 11 is 0. The predicted molar refractivity (Wildman–Crippen MR) is 64.1 cm³/mol. The van der Waals surface area contributed by atoms with Gasteiger partial charge in [0, 0.05) is 32.5 Å². The fourth-order valence-electron chi connectivity index (χ4n) is 1.89. The largest absolute Gasteiger partial charge is 0.311 e. The van der Waals surface area contributed by atoms with Crippen molar-refractivity contribution in [3.8, 4) is 0 Å². The molecule has 17 heavy (non-hydrogen) atoms. The Bertz CT molecular complexity index is 387. The Labute approximate surface area is 101 Å². The molecule has 0 spiro atoms. The van der Waals surface area contributed by atoms with E-state index in [2.05, 4.69) is 5.32 Å². The molecule has 4 nitrogen and oxygen atoms in total. The van der Waals surface area contributed by atoms with Gasteiger partial charge in [-0.15, -0.1) is 0 Å². The summed E-state index contributed by atoms with van der Waals surface area (Å²) in [6.07, 6.45) is 0.745. The standard InChI is InChI=1S/C13H16N2O2/c16-12-6-7-13(17)15(12)9-8-14-10-11-4-2-1-3-5-11/h1-5,14H,6-10H2. The van der Waals surface area contributed by atoms with Crippen LogP contribution in [0.25, 0.3) is 0 Å². The lowest BCUT2D eigenvalue weighted by molar-refractivity contribution is -0.138. The maximum Gasteiger partial charge on any atom is 0.229 e. The van der Waals surface area contributed by atoms with Crippen molar-refractivity contribution >= 4 is 11.8 Å². The molecule has 1 N–H and O–H groups in total. The zero-order valence-electron chi connectivity index (χ0n) is 9.69. The number of amides is 2. The lowest BCUT2D eigenvalue weighted by Crippen LogP contribution is -2.35. The second-order valence-electron chi connectivity index (χ2n) is 4.10. The summed E-state index contributed by atoms with van der Waals surface area (Å²) in [5.41, 5.74) is 1.20. The molecule has 0 radical (unpaired) electrons. The van der Waals surface area contributed by atoms with Crippen molar-refractivity contribution in [2.45, 2.75) is 19.4 Å². The first-order chi connectivity index (χ1) is 8.27. The first kappa shape index (κ1) is 11.8. The molecule has 0 atom stereocenters. The van der Waals surface area contributed by atoms with Crippen molar-refractivity contribution in [1.29, 1.82) is 0 Å².